The Kier molecular flexibility index (Phi) is 3.46. The van der Waals surface area contributed by atoms with Gasteiger partial charge in [-0.3, -0.25) is 0 Å². The fourth-order valence-electron chi connectivity index (χ4n) is 3.18. The highest BCUT2D eigenvalue weighted by Gasteiger charge is 2.39. The standard InChI is InChI=1S/C14H18ClFO/c1-9-5-10(2)8-14(17,7-9)12-4-3-11(15)6-13(12)16/h3-4,6,9-10,17H,5,7-8H2,1-2H3. The van der Waals surface area contributed by atoms with Gasteiger partial charge in [-0.05, 0) is 43.2 Å². The van der Waals surface area contributed by atoms with Crippen molar-refractivity contribution in [2.45, 2.75) is 38.7 Å². The van der Waals surface area contributed by atoms with Gasteiger partial charge in [0.1, 0.15) is 5.82 Å². The zero-order chi connectivity index (χ0) is 12.6. The minimum absolute atomic E-state index is 0.367. The highest BCUT2D eigenvalue weighted by atomic mass is 35.5. The SMILES string of the molecule is CC1CC(C)CC(O)(c2ccc(Cl)cc2F)C1. The first kappa shape index (κ1) is 12.8. The van der Waals surface area contributed by atoms with Crippen LogP contribution in [0.5, 0.6) is 0 Å². The van der Waals surface area contributed by atoms with E-state index in [4.69, 9.17) is 11.6 Å². The lowest BCUT2D eigenvalue weighted by Gasteiger charge is -2.39. The van der Waals surface area contributed by atoms with Gasteiger partial charge in [0, 0.05) is 10.6 Å². The molecule has 1 N–H and O–H groups in total. The second-order valence-electron chi connectivity index (χ2n) is 5.51. The molecule has 0 amide bonds. The second kappa shape index (κ2) is 4.58. The van der Waals surface area contributed by atoms with Crippen molar-refractivity contribution in [1.29, 1.82) is 0 Å². The summed E-state index contributed by atoms with van der Waals surface area (Å²) in [5.74, 6) is 0.430. The van der Waals surface area contributed by atoms with Crippen molar-refractivity contribution in [2.24, 2.45) is 11.8 Å². The van der Waals surface area contributed by atoms with E-state index >= 15 is 0 Å². The van der Waals surface area contributed by atoms with E-state index in [1.165, 1.54) is 6.07 Å². The Bertz CT molecular complexity index is 409. The molecule has 1 aromatic carbocycles. The lowest BCUT2D eigenvalue weighted by atomic mass is 9.70. The molecular formula is C14H18ClFO. The maximum Gasteiger partial charge on any atom is 0.130 e. The first-order chi connectivity index (χ1) is 7.90. The number of rotatable bonds is 1. The van der Waals surface area contributed by atoms with Gasteiger partial charge in [0.25, 0.3) is 0 Å². The molecule has 0 radical (unpaired) electrons. The highest BCUT2D eigenvalue weighted by molar-refractivity contribution is 6.30. The molecule has 2 rings (SSSR count). The largest absolute Gasteiger partial charge is 0.385 e. The molecule has 17 heavy (non-hydrogen) atoms. The van der Waals surface area contributed by atoms with Crippen LogP contribution in [0, 0.1) is 17.7 Å². The quantitative estimate of drug-likeness (QED) is 0.801. The Morgan fingerprint density at radius 2 is 1.88 bits per heavy atom. The van der Waals surface area contributed by atoms with Crippen molar-refractivity contribution in [2.75, 3.05) is 0 Å². The van der Waals surface area contributed by atoms with Gasteiger partial charge in [0.2, 0.25) is 0 Å². The van der Waals surface area contributed by atoms with Crippen LogP contribution in [-0.4, -0.2) is 5.11 Å². The number of benzene rings is 1. The minimum atomic E-state index is -1.04. The maximum absolute atomic E-state index is 13.9. The Labute approximate surface area is 107 Å². The smallest absolute Gasteiger partial charge is 0.130 e. The molecule has 0 aromatic heterocycles. The summed E-state index contributed by atoms with van der Waals surface area (Å²) in [6, 6.07) is 4.53. The summed E-state index contributed by atoms with van der Waals surface area (Å²) in [7, 11) is 0. The molecule has 1 aromatic rings. The molecule has 1 saturated carbocycles. The Morgan fingerprint density at radius 3 is 2.41 bits per heavy atom. The van der Waals surface area contributed by atoms with Crippen LogP contribution in [0.2, 0.25) is 5.02 Å². The van der Waals surface area contributed by atoms with Crippen LogP contribution in [0.25, 0.3) is 0 Å². The van der Waals surface area contributed by atoms with Crippen LogP contribution in [0.15, 0.2) is 18.2 Å². The molecule has 0 heterocycles. The van der Waals surface area contributed by atoms with Gasteiger partial charge in [0.15, 0.2) is 0 Å². The summed E-state index contributed by atoms with van der Waals surface area (Å²) in [5, 5.41) is 11.0. The molecule has 1 aliphatic rings. The van der Waals surface area contributed by atoms with Crippen molar-refractivity contribution in [3.63, 3.8) is 0 Å². The zero-order valence-electron chi connectivity index (χ0n) is 10.2. The van der Waals surface area contributed by atoms with Crippen molar-refractivity contribution in [1.82, 2.24) is 0 Å². The van der Waals surface area contributed by atoms with Gasteiger partial charge >= 0.3 is 0 Å². The van der Waals surface area contributed by atoms with E-state index in [2.05, 4.69) is 13.8 Å². The maximum atomic E-state index is 13.9. The monoisotopic (exact) mass is 256 g/mol. The molecule has 0 aliphatic heterocycles. The van der Waals surface area contributed by atoms with Gasteiger partial charge in [-0.25, -0.2) is 4.39 Å². The van der Waals surface area contributed by atoms with Crippen molar-refractivity contribution >= 4 is 11.6 Å². The first-order valence-electron chi connectivity index (χ1n) is 6.08. The zero-order valence-corrected chi connectivity index (χ0v) is 11.0. The van der Waals surface area contributed by atoms with Gasteiger partial charge in [-0.2, -0.15) is 0 Å². The average molecular weight is 257 g/mol. The van der Waals surface area contributed by atoms with E-state index in [-0.39, 0.29) is 0 Å². The number of aliphatic hydroxyl groups is 1. The third kappa shape index (κ3) is 2.63. The third-order valence-electron chi connectivity index (χ3n) is 3.61. The normalized spacial score (nSPS) is 33.7. The van der Waals surface area contributed by atoms with Crippen LogP contribution in [-0.2, 0) is 5.60 Å². The Hall–Kier alpha value is -0.600. The molecule has 0 saturated heterocycles. The first-order valence-corrected chi connectivity index (χ1v) is 6.46. The molecule has 0 spiro atoms. The Morgan fingerprint density at radius 1 is 1.29 bits per heavy atom. The third-order valence-corrected chi connectivity index (χ3v) is 3.84. The van der Waals surface area contributed by atoms with Crippen LogP contribution >= 0.6 is 11.6 Å². The van der Waals surface area contributed by atoms with Gasteiger partial charge in [-0.1, -0.05) is 31.5 Å². The van der Waals surface area contributed by atoms with Gasteiger partial charge < -0.3 is 5.11 Å². The highest BCUT2D eigenvalue weighted by Crippen LogP contribution is 2.43. The molecule has 1 aliphatic carbocycles. The van der Waals surface area contributed by atoms with Gasteiger partial charge in [-0.15, -0.1) is 0 Å². The van der Waals surface area contributed by atoms with Crippen LogP contribution in [0.3, 0.4) is 0 Å². The van der Waals surface area contributed by atoms with Crippen molar-refractivity contribution in [3.8, 4) is 0 Å². The molecule has 94 valence electrons. The second-order valence-corrected chi connectivity index (χ2v) is 5.95. The predicted molar refractivity (Wildman–Crippen MR) is 67.5 cm³/mol. The fraction of sp³-hybridized carbons (Fsp3) is 0.571. The van der Waals surface area contributed by atoms with Crippen molar-refractivity contribution in [3.05, 3.63) is 34.6 Å². The van der Waals surface area contributed by atoms with E-state index in [1.807, 2.05) is 0 Å². The van der Waals surface area contributed by atoms with E-state index in [0.29, 0.717) is 35.3 Å². The summed E-state index contributed by atoms with van der Waals surface area (Å²) in [6.07, 6.45) is 2.34. The minimum Gasteiger partial charge on any atom is -0.385 e. The molecule has 3 heteroatoms. The van der Waals surface area contributed by atoms with E-state index in [1.54, 1.807) is 12.1 Å². The summed E-state index contributed by atoms with van der Waals surface area (Å²) >= 11 is 5.74. The molecule has 2 atom stereocenters. The predicted octanol–water partition coefficient (Wildman–Crippen LogP) is 4.12. The molecule has 1 fully saturated rings. The van der Waals surface area contributed by atoms with E-state index in [9.17, 15) is 9.50 Å². The number of hydrogen-bond donors (Lipinski definition) is 1. The van der Waals surface area contributed by atoms with Crippen LogP contribution in [0.4, 0.5) is 4.39 Å². The average Bonchev–Trinajstić information content (AvgIpc) is 2.13. The molecular weight excluding hydrogens is 239 g/mol. The summed E-state index contributed by atoms with van der Waals surface area (Å²) < 4.78 is 13.9. The molecule has 0 bridgehead atoms. The Balaban J connectivity index is 2.36. The summed E-state index contributed by atoms with van der Waals surface area (Å²) in [5.41, 5.74) is -0.647. The summed E-state index contributed by atoms with van der Waals surface area (Å²) in [4.78, 5) is 0. The number of hydrogen-bond acceptors (Lipinski definition) is 1. The topological polar surface area (TPSA) is 20.2 Å². The molecule has 1 nitrogen and oxygen atoms in total. The lowest BCUT2D eigenvalue weighted by molar-refractivity contribution is -0.0388. The lowest BCUT2D eigenvalue weighted by Crippen LogP contribution is -2.36. The molecule has 2 unspecified atom stereocenters. The van der Waals surface area contributed by atoms with E-state index in [0.717, 1.165) is 6.42 Å². The number of halogens is 2. The van der Waals surface area contributed by atoms with Crippen LogP contribution in [0.1, 0.15) is 38.7 Å². The fourth-order valence-corrected chi connectivity index (χ4v) is 3.34. The van der Waals surface area contributed by atoms with Crippen LogP contribution < -0.4 is 0 Å². The summed E-state index contributed by atoms with van der Waals surface area (Å²) in [6.45, 7) is 4.21. The van der Waals surface area contributed by atoms with E-state index < -0.39 is 11.4 Å². The van der Waals surface area contributed by atoms with Crippen molar-refractivity contribution < 1.29 is 9.50 Å². The van der Waals surface area contributed by atoms with Gasteiger partial charge in [0.05, 0.1) is 5.60 Å².